The monoisotopic (exact) mass is 1100 g/mol. The molecule has 9 rings (SSSR count). The molecule has 2 atom stereocenters. The molecule has 71 heavy (non-hydrogen) atoms. The Morgan fingerprint density at radius 3 is 0.831 bits per heavy atom. The summed E-state index contributed by atoms with van der Waals surface area (Å²) in [5, 5.41) is 5.91. The first kappa shape index (κ1) is 51.4. The summed E-state index contributed by atoms with van der Waals surface area (Å²) in [6, 6.07) is -2.16. The van der Waals surface area contributed by atoms with Crippen LogP contribution in [0.5, 0.6) is 0 Å². The van der Waals surface area contributed by atoms with Crippen molar-refractivity contribution in [2.24, 2.45) is 0 Å². The molecule has 26 heteroatoms. The zero-order valence-corrected chi connectivity index (χ0v) is 35.2. The summed E-state index contributed by atoms with van der Waals surface area (Å²) in [5.74, 6) is -52.8. The normalized spacial score (nSPS) is 19.6. The molecule has 6 aromatic rings. The Morgan fingerprint density at radius 2 is 0.563 bits per heavy atom. The maximum Gasteiger partial charge on any atom is 3.00 e. The number of rotatable bonds is 4. The van der Waals surface area contributed by atoms with Gasteiger partial charge in [-0.2, -0.15) is 0 Å². The van der Waals surface area contributed by atoms with Gasteiger partial charge in [0, 0.05) is 4.79 Å². The van der Waals surface area contributed by atoms with Crippen LogP contribution in [0.2, 0.25) is 0 Å². The second-order valence-electron chi connectivity index (χ2n) is 14.4. The summed E-state index contributed by atoms with van der Waals surface area (Å²) >= 11 is 0. The molecule has 0 amide bonds. The standard InChI is InChI=1S/C44H10F20N4.CHO.Ru/c45-25-21(26(46)34(54)41(61)33(25)53)17-9-1-2-10(65-9)18(22-27(47)35(55)42(62)36(56)28(22)48)12-5-6-14(67-12)20(24-31(51)39(59)44(64)40(60)32(24)52)16-8-7-15(68-16)19(13-4-3-11(17)66-13)23-29(49)37(57)43(63)38(58)30(23)50;1-2;/h1-9,15H;1H;/q-4;+1;+3/b17-11+,18-10+,19-13+,20-16+;;. The summed E-state index contributed by atoms with van der Waals surface area (Å²) in [6.45, 7) is 3.25. The van der Waals surface area contributed by atoms with Crippen molar-refractivity contribution in [1.82, 2.24) is 9.97 Å². The van der Waals surface area contributed by atoms with Crippen LogP contribution < -0.4 is 20.7 Å². The Labute approximate surface area is 393 Å². The third kappa shape index (κ3) is 7.70. The molecule has 0 fully saturated rings. The molecule has 365 valence electrons. The van der Waals surface area contributed by atoms with Gasteiger partial charge in [-0.15, -0.1) is 33.5 Å². The van der Waals surface area contributed by atoms with Crippen LogP contribution in [0.3, 0.4) is 0 Å². The molecule has 0 saturated carbocycles. The zero-order chi connectivity index (χ0) is 51.3. The maximum absolute atomic E-state index is 15.8. The van der Waals surface area contributed by atoms with Gasteiger partial charge in [0.15, 0.2) is 93.1 Å². The van der Waals surface area contributed by atoms with Gasteiger partial charge >= 0.3 is 26.3 Å². The predicted molar refractivity (Wildman–Crippen MR) is 200 cm³/mol. The second-order valence-corrected chi connectivity index (χ2v) is 14.4. The molecule has 5 nitrogen and oxygen atoms in total. The minimum Gasteiger partial charge on any atom is -0.674 e. The van der Waals surface area contributed by atoms with Crippen LogP contribution in [0.1, 0.15) is 33.6 Å². The number of benzene rings is 4. The van der Waals surface area contributed by atoms with Gasteiger partial charge in [0.2, 0.25) is 23.3 Å². The zero-order valence-electron chi connectivity index (χ0n) is 33.5. The van der Waals surface area contributed by atoms with Crippen molar-refractivity contribution in [3.63, 3.8) is 0 Å². The molecule has 2 unspecified atom stereocenters. The van der Waals surface area contributed by atoms with Crippen molar-refractivity contribution in [2.45, 2.75) is 12.1 Å². The molecule has 0 saturated heterocycles. The van der Waals surface area contributed by atoms with E-state index in [1.54, 1.807) is 0 Å². The van der Waals surface area contributed by atoms with E-state index in [2.05, 4.69) is 27.4 Å². The van der Waals surface area contributed by atoms with E-state index in [-0.39, 0.29) is 19.5 Å². The van der Waals surface area contributed by atoms with Crippen molar-refractivity contribution in [3.05, 3.63) is 231 Å². The number of hydrogen-bond donors (Lipinski definition) is 0. The molecule has 3 aliphatic rings. The van der Waals surface area contributed by atoms with E-state index < -0.39 is 206 Å². The van der Waals surface area contributed by atoms with E-state index >= 15 is 35.1 Å². The van der Waals surface area contributed by atoms with Gasteiger partial charge in [0.05, 0.1) is 22.3 Å². The number of halogens is 20. The minimum absolute atomic E-state index is 0. The topological polar surface area (TPSA) is 73.5 Å². The predicted octanol–water partition coefficient (Wildman–Crippen LogP) is 10.4. The van der Waals surface area contributed by atoms with Crippen LogP contribution in [0.25, 0.3) is 32.9 Å². The van der Waals surface area contributed by atoms with E-state index in [9.17, 15) is 52.7 Å². The Bertz CT molecular complexity index is 3230. The van der Waals surface area contributed by atoms with Crippen molar-refractivity contribution < 1.29 is 112 Å². The number of fused-ring (bicyclic) bond motifs is 8. The molecule has 0 N–H and O–H groups in total. The molecule has 3 aliphatic heterocycles. The molecule has 0 aliphatic carbocycles. The van der Waals surface area contributed by atoms with Gasteiger partial charge in [-0.1, -0.05) is 71.8 Å². The average molecular weight is 1100 g/mol. The minimum atomic E-state index is -2.72. The van der Waals surface area contributed by atoms with Gasteiger partial charge in [-0.3, -0.25) is 0 Å². The first-order chi connectivity index (χ1) is 33.1. The number of allylic oxidation sites excluding steroid dienone is 2. The fraction of sp³-hybridized carbons (Fsp3) is 0.0444. The smallest absolute Gasteiger partial charge is 0.674 e. The summed E-state index contributed by atoms with van der Waals surface area (Å²) in [7, 11) is 0. The van der Waals surface area contributed by atoms with Gasteiger partial charge in [-0.25, -0.2) is 87.8 Å². The van der Waals surface area contributed by atoms with Crippen LogP contribution in [0.4, 0.5) is 87.8 Å². The van der Waals surface area contributed by atoms with Crippen molar-refractivity contribution in [2.75, 3.05) is 0 Å². The summed E-state index contributed by atoms with van der Waals surface area (Å²) in [5.41, 5.74) is -16.8. The van der Waals surface area contributed by atoms with Crippen LogP contribution in [-0.4, -0.2) is 18.9 Å². The van der Waals surface area contributed by atoms with E-state index in [0.29, 0.717) is 48.6 Å². The van der Waals surface area contributed by atoms with Crippen LogP contribution in [-0.2, 0) is 24.3 Å². The van der Waals surface area contributed by atoms with E-state index in [4.69, 9.17) is 4.79 Å². The molecule has 4 aromatic carbocycles. The summed E-state index contributed by atoms with van der Waals surface area (Å²) < 4.78 is 303. The van der Waals surface area contributed by atoms with Gasteiger partial charge in [0.25, 0.3) is 0 Å². The molecule has 1 radical (unpaired) electrons. The Hall–Kier alpha value is -7.46. The molecular weight excluding hydrogens is 1090 g/mol. The van der Waals surface area contributed by atoms with Gasteiger partial charge in [-0.05, 0) is 11.1 Å². The van der Waals surface area contributed by atoms with E-state index in [0.717, 1.165) is 0 Å². The van der Waals surface area contributed by atoms with Crippen molar-refractivity contribution in [1.29, 1.82) is 0 Å². The second kappa shape index (κ2) is 18.7. The quantitative estimate of drug-likeness (QED) is 0.0441. The molecule has 5 heterocycles. The Morgan fingerprint density at radius 1 is 0.324 bits per heavy atom. The molecule has 8 bridgehead atoms. The SMILES string of the molecule is Fc1c(F)c(F)c(/C2=C3\C=CC([N-]3)/C(c3c(F)c(F)c(F)c(F)c3F)=c3/cc/c([n-]3)=C(\c3c(F)c(F)c(F)c(F)c3F)C3C=C/C(=C(\c4c(F)c(F)c(F)c(F)c4F)c4ccc2[n-]4)[N-]3)c(F)c1F.[CH+]=O.[Ru+3]. The molecule has 0 spiro atoms. The fourth-order valence-corrected chi connectivity index (χ4v) is 7.72. The fourth-order valence-electron chi connectivity index (χ4n) is 7.72. The van der Waals surface area contributed by atoms with E-state index in [1.165, 1.54) is 0 Å². The maximum atomic E-state index is 15.8. The largest absolute Gasteiger partial charge is 3.00 e. The Balaban J connectivity index is 0.00000244. The summed E-state index contributed by atoms with van der Waals surface area (Å²) in [4.78, 5) is 15.6. The first-order valence-corrected chi connectivity index (χ1v) is 18.7. The van der Waals surface area contributed by atoms with Gasteiger partial charge < -0.3 is 20.6 Å². The van der Waals surface area contributed by atoms with Crippen LogP contribution in [0.15, 0.2) is 60.0 Å². The van der Waals surface area contributed by atoms with E-state index in [1.807, 2.05) is 0 Å². The van der Waals surface area contributed by atoms with Gasteiger partial charge in [0.1, 0.15) is 0 Å². The van der Waals surface area contributed by atoms with Crippen LogP contribution in [0, 0.1) is 116 Å². The van der Waals surface area contributed by atoms with Crippen LogP contribution >= 0.6 is 0 Å². The number of nitrogens with zero attached hydrogens (tertiary/aromatic N) is 4. The molecular formula is C45H11F20N4ORu. The average Bonchev–Trinajstić information content (AvgIpc) is 4.21. The third-order valence-electron chi connectivity index (χ3n) is 10.8. The number of hydrogen-bond acceptors (Lipinski definition) is 1. The first-order valence-electron chi connectivity index (χ1n) is 18.7. The number of aromatic nitrogens is 2. The third-order valence-corrected chi connectivity index (χ3v) is 10.8. The Kier molecular flexibility index (Phi) is 13.5. The number of carbonyl (C=O) groups excluding carboxylic acids is 1. The molecule has 2 aromatic heterocycles. The summed E-state index contributed by atoms with van der Waals surface area (Å²) in [6.07, 6.45) is 2.52. The van der Waals surface area contributed by atoms with Crippen molar-refractivity contribution in [3.8, 4) is 0 Å². The van der Waals surface area contributed by atoms with Crippen molar-refractivity contribution >= 4 is 29.1 Å².